The molecular formula is C18H17ClN4O2. The van der Waals surface area contributed by atoms with E-state index in [9.17, 15) is 4.79 Å². The summed E-state index contributed by atoms with van der Waals surface area (Å²) in [4.78, 5) is 16.4. The SMILES string of the molecule is CCOC(=O)Cc1nc2c(C)cccn2c1N=Nc1ccccc1Cl. The summed E-state index contributed by atoms with van der Waals surface area (Å²) in [6.07, 6.45) is 1.87. The smallest absolute Gasteiger partial charge is 0.312 e. The fourth-order valence-electron chi connectivity index (χ4n) is 2.45. The van der Waals surface area contributed by atoms with Crippen molar-refractivity contribution in [1.29, 1.82) is 0 Å². The van der Waals surface area contributed by atoms with Crippen LogP contribution in [0.2, 0.25) is 5.02 Å². The topological polar surface area (TPSA) is 68.3 Å². The summed E-state index contributed by atoms with van der Waals surface area (Å²) in [7, 11) is 0. The van der Waals surface area contributed by atoms with Gasteiger partial charge < -0.3 is 4.74 Å². The number of aryl methyl sites for hydroxylation is 1. The number of rotatable bonds is 5. The van der Waals surface area contributed by atoms with Crippen molar-refractivity contribution < 1.29 is 9.53 Å². The largest absolute Gasteiger partial charge is 0.466 e. The molecule has 0 radical (unpaired) electrons. The van der Waals surface area contributed by atoms with E-state index in [0.717, 1.165) is 11.2 Å². The number of ether oxygens (including phenoxy) is 1. The van der Waals surface area contributed by atoms with Crippen LogP contribution in [0.25, 0.3) is 5.65 Å². The van der Waals surface area contributed by atoms with Gasteiger partial charge in [-0.05, 0) is 37.6 Å². The van der Waals surface area contributed by atoms with E-state index in [-0.39, 0.29) is 12.4 Å². The number of hydrogen-bond donors (Lipinski definition) is 0. The minimum absolute atomic E-state index is 0.0336. The minimum atomic E-state index is -0.349. The number of benzene rings is 1. The fourth-order valence-corrected chi connectivity index (χ4v) is 2.62. The molecule has 0 aliphatic heterocycles. The highest BCUT2D eigenvalue weighted by Crippen LogP contribution is 2.29. The number of pyridine rings is 1. The van der Waals surface area contributed by atoms with Gasteiger partial charge in [-0.2, -0.15) is 0 Å². The van der Waals surface area contributed by atoms with E-state index in [1.807, 2.05) is 41.8 Å². The molecule has 0 saturated heterocycles. The zero-order valence-corrected chi connectivity index (χ0v) is 14.7. The Morgan fingerprint density at radius 2 is 2.04 bits per heavy atom. The Labute approximate surface area is 150 Å². The first kappa shape index (κ1) is 17.1. The van der Waals surface area contributed by atoms with Crippen LogP contribution in [0.5, 0.6) is 0 Å². The van der Waals surface area contributed by atoms with Gasteiger partial charge in [-0.15, -0.1) is 10.2 Å². The molecule has 6 nitrogen and oxygen atoms in total. The molecule has 2 heterocycles. The second kappa shape index (κ2) is 7.44. The maximum absolute atomic E-state index is 11.9. The number of esters is 1. The summed E-state index contributed by atoms with van der Waals surface area (Å²) >= 11 is 6.12. The van der Waals surface area contributed by atoms with E-state index in [0.29, 0.717) is 28.8 Å². The van der Waals surface area contributed by atoms with Crippen LogP contribution in [0.4, 0.5) is 11.5 Å². The summed E-state index contributed by atoms with van der Waals surface area (Å²) in [5.74, 6) is 0.143. The summed E-state index contributed by atoms with van der Waals surface area (Å²) < 4.78 is 6.84. The number of halogens is 1. The third kappa shape index (κ3) is 3.69. The molecule has 0 aliphatic carbocycles. The lowest BCUT2D eigenvalue weighted by molar-refractivity contribution is -0.142. The number of nitrogens with zero attached hydrogens (tertiary/aromatic N) is 4. The quantitative estimate of drug-likeness (QED) is 0.486. The first-order chi connectivity index (χ1) is 12.1. The monoisotopic (exact) mass is 356 g/mol. The molecular weight excluding hydrogens is 340 g/mol. The Hall–Kier alpha value is -2.73. The molecule has 0 aliphatic rings. The van der Waals surface area contributed by atoms with Gasteiger partial charge in [0.25, 0.3) is 0 Å². The van der Waals surface area contributed by atoms with Gasteiger partial charge in [0.05, 0.1) is 23.7 Å². The van der Waals surface area contributed by atoms with Gasteiger partial charge in [-0.1, -0.05) is 29.8 Å². The summed E-state index contributed by atoms with van der Waals surface area (Å²) in [5.41, 5.74) is 2.78. The highest BCUT2D eigenvalue weighted by atomic mass is 35.5. The number of carbonyl (C=O) groups is 1. The number of hydrogen-bond acceptors (Lipinski definition) is 5. The van der Waals surface area contributed by atoms with Gasteiger partial charge in [0, 0.05) is 6.20 Å². The maximum atomic E-state index is 11.9. The zero-order valence-electron chi connectivity index (χ0n) is 13.9. The van der Waals surface area contributed by atoms with Crippen LogP contribution in [0.1, 0.15) is 18.2 Å². The van der Waals surface area contributed by atoms with E-state index in [2.05, 4.69) is 15.2 Å². The number of aromatic nitrogens is 2. The third-order valence-electron chi connectivity index (χ3n) is 3.61. The Bertz CT molecular complexity index is 949. The Balaban J connectivity index is 2.06. The molecule has 0 saturated carbocycles. The van der Waals surface area contributed by atoms with E-state index < -0.39 is 0 Å². The van der Waals surface area contributed by atoms with Gasteiger partial charge in [0.15, 0.2) is 5.82 Å². The van der Waals surface area contributed by atoms with Gasteiger partial charge in [-0.3, -0.25) is 9.20 Å². The molecule has 25 heavy (non-hydrogen) atoms. The first-order valence-electron chi connectivity index (χ1n) is 7.88. The molecule has 7 heteroatoms. The molecule has 0 spiro atoms. The molecule has 0 atom stereocenters. The Kier molecular flexibility index (Phi) is 5.09. The van der Waals surface area contributed by atoms with Crippen molar-refractivity contribution >= 4 is 34.7 Å². The number of azo groups is 1. The molecule has 128 valence electrons. The van der Waals surface area contributed by atoms with Crippen LogP contribution in [0.3, 0.4) is 0 Å². The second-order valence-corrected chi connectivity index (χ2v) is 5.81. The zero-order chi connectivity index (χ0) is 17.8. The van der Waals surface area contributed by atoms with Crippen molar-refractivity contribution in [2.45, 2.75) is 20.3 Å². The maximum Gasteiger partial charge on any atom is 0.312 e. The number of fused-ring (bicyclic) bond motifs is 1. The standard InChI is InChI=1S/C18H17ClN4O2/c1-3-25-16(24)11-15-18(22-21-14-9-5-4-8-13(14)19)23-10-6-7-12(2)17(23)20-15/h4-10H,3,11H2,1-2H3. The lowest BCUT2D eigenvalue weighted by Crippen LogP contribution is -2.07. The van der Waals surface area contributed by atoms with E-state index >= 15 is 0 Å². The van der Waals surface area contributed by atoms with E-state index in [1.165, 1.54) is 0 Å². The average Bonchev–Trinajstić information content (AvgIpc) is 2.93. The van der Waals surface area contributed by atoms with E-state index in [1.54, 1.807) is 19.1 Å². The highest BCUT2D eigenvalue weighted by molar-refractivity contribution is 6.32. The minimum Gasteiger partial charge on any atom is -0.466 e. The Morgan fingerprint density at radius 1 is 1.24 bits per heavy atom. The lowest BCUT2D eigenvalue weighted by Gasteiger charge is -2.01. The van der Waals surface area contributed by atoms with Crippen molar-refractivity contribution in [2.24, 2.45) is 10.2 Å². The van der Waals surface area contributed by atoms with Crippen LogP contribution in [-0.4, -0.2) is 22.0 Å². The molecule has 0 N–H and O–H groups in total. The molecule has 0 unspecified atom stereocenters. The fraction of sp³-hybridized carbons (Fsp3) is 0.222. The van der Waals surface area contributed by atoms with Crippen LogP contribution < -0.4 is 0 Å². The molecule has 2 aromatic heterocycles. The van der Waals surface area contributed by atoms with Gasteiger partial charge in [0.2, 0.25) is 0 Å². The molecule has 0 amide bonds. The summed E-state index contributed by atoms with van der Waals surface area (Å²) in [6, 6.07) is 11.0. The summed E-state index contributed by atoms with van der Waals surface area (Å²) in [5, 5.41) is 9.04. The lowest BCUT2D eigenvalue weighted by atomic mass is 10.3. The highest BCUT2D eigenvalue weighted by Gasteiger charge is 2.17. The average molecular weight is 357 g/mol. The van der Waals surface area contributed by atoms with Crippen molar-refractivity contribution in [3.8, 4) is 0 Å². The second-order valence-electron chi connectivity index (χ2n) is 5.40. The predicted molar refractivity (Wildman–Crippen MR) is 95.9 cm³/mol. The van der Waals surface area contributed by atoms with Crippen LogP contribution >= 0.6 is 11.6 Å². The van der Waals surface area contributed by atoms with Crippen molar-refractivity contribution in [2.75, 3.05) is 6.61 Å². The molecule has 0 fully saturated rings. The van der Waals surface area contributed by atoms with Crippen molar-refractivity contribution in [3.63, 3.8) is 0 Å². The van der Waals surface area contributed by atoms with Gasteiger partial charge in [0.1, 0.15) is 11.3 Å². The van der Waals surface area contributed by atoms with Gasteiger partial charge in [-0.25, -0.2) is 4.98 Å². The third-order valence-corrected chi connectivity index (χ3v) is 3.93. The predicted octanol–water partition coefficient (Wildman–Crippen LogP) is 4.82. The van der Waals surface area contributed by atoms with Crippen LogP contribution in [0, 0.1) is 6.92 Å². The molecule has 3 rings (SSSR count). The normalized spacial score (nSPS) is 11.3. The van der Waals surface area contributed by atoms with Gasteiger partial charge >= 0.3 is 5.97 Å². The molecule has 3 aromatic rings. The Morgan fingerprint density at radius 3 is 2.80 bits per heavy atom. The van der Waals surface area contributed by atoms with E-state index in [4.69, 9.17) is 16.3 Å². The van der Waals surface area contributed by atoms with Crippen LogP contribution in [0.15, 0.2) is 52.8 Å². The summed E-state index contributed by atoms with van der Waals surface area (Å²) in [6.45, 7) is 4.04. The first-order valence-corrected chi connectivity index (χ1v) is 8.26. The molecule has 1 aromatic carbocycles. The number of carbonyl (C=O) groups excluding carboxylic acids is 1. The molecule has 0 bridgehead atoms. The van der Waals surface area contributed by atoms with Crippen LogP contribution in [-0.2, 0) is 16.0 Å². The number of imidazole rings is 1. The van der Waals surface area contributed by atoms with Crippen molar-refractivity contribution in [3.05, 3.63) is 58.9 Å². The van der Waals surface area contributed by atoms with Crippen molar-refractivity contribution in [1.82, 2.24) is 9.38 Å².